The minimum Gasteiger partial charge on any atom is -0.495 e. The summed E-state index contributed by atoms with van der Waals surface area (Å²) < 4.78 is 10.2. The van der Waals surface area contributed by atoms with Gasteiger partial charge in [-0.15, -0.1) is 0 Å². The van der Waals surface area contributed by atoms with Crippen molar-refractivity contribution in [1.29, 1.82) is 0 Å². The maximum Gasteiger partial charge on any atom is 0.407 e. The van der Waals surface area contributed by atoms with Gasteiger partial charge in [0, 0.05) is 18.5 Å². The molecule has 0 saturated heterocycles. The van der Waals surface area contributed by atoms with Crippen LogP contribution in [0.25, 0.3) is 0 Å². The Morgan fingerprint density at radius 1 is 1.38 bits per heavy atom. The average Bonchev–Trinajstić information content (AvgIpc) is 2.38. The van der Waals surface area contributed by atoms with Gasteiger partial charge in [0.1, 0.15) is 11.4 Å². The van der Waals surface area contributed by atoms with Crippen LogP contribution >= 0.6 is 11.6 Å². The number of halogens is 1. The molecule has 1 N–H and O–H groups in total. The molecule has 0 bridgehead atoms. The smallest absolute Gasteiger partial charge is 0.407 e. The fourth-order valence-corrected chi connectivity index (χ4v) is 1.64. The lowest BCUT2D eigenvalue weighted by molar-refractivity contribution is 0.0529. The summed E-state index contributed by atoms with van der Waals surface area (Å²) >= 11 is 5.93. The van der Waals surface area contributed by atoms with Gasteiger partial charge in [-0.25, -0.2) is 4.79 Å². The summed E-state index contributed by atoms with van der Waals surface area (Å²) in [7, 11) is 1.56. The third-order valence-corrected chi connectivity index (χ3v) is 2.61. The van der Waals surface area contributed by atoms with Crippen molar-refractivity contribution in [1.82, 2.24) is 5.32 Å². The van der Waals surface area contributed by atoms with E-state index in [1.165, 1.54) is 0 Å². The predicted molar refractivity (Wildman–Crippen MR) is 83.7 cm³/mol. The third kappa shape index (κ3) is 6.92. The van der Waals surface area contributed by atoms with Gasteiger partial charge >= 0.3 is 6.09 Å². The van der Waals surface area contributed by atoms with Gasteiger partial charge in [0.05, 0.1) is 12.1 Å². The normalized spacial score (nSPS) is 10.3. The minimum atomic E-state index is -0.490. The Morgan fingerprint density at radius 2 is 2.10 bits per heavy atom. The topological polar surface area (TPSA) is 47.6 Å². The molecule has 0 fully saturated rings. The first-order chi connectivity index (χ1) is 9.81. The highest BCUT2D eigenvalue weighted by molar-refractivity contribution is 6.32. The second kappa shape index (κ2) is 7.80. The standard InChI is InChI=1S/C16H20ClNO3/c1-16(2,3)21-15(19)18-10-6-5-7-12-8-9-13(17)14(11-12)20-4/h8-9,11H,6,10H2,1-4H3,(H,18,19). The molecule has 0 unspecified atom stereocenters. The van der Waals surface area contributed by atoms with Gasteiger partial charge in [-0.1, -0.05) is 23.4 Å². The highest BCUT2D eigenvalue weighted by Gasteiger charge is 2.15. The number of alkyl carbamates (subject to hydrolysis) is 1. The number of amides is 1. The predicted octanol–water partition coefficient (Wildman–Crippen LogP) is 3.61. The monoisotopic (exact) mass is 309 g/mol. The van der Waals surface area contributed by atoms with Crippen LogP contribution in [0.5, 0.6) is 5.75 Å². The van der Waals surface area contributed by atoms with Crippen molar-refractivity contribution < 1.29 is 14.3 Å². The lowest BCUT2D eigenvalue weighted by Crippen LogP contribution is -2.32. The Hall–Kier alpha value is -1.86. The Kier molecular flexibility index (Phi) is 6.39. The molecule has 0 aliphatic heterocycles. The Balaban J connectivity index is 2.42. The number of ether oxygens (including phenoxy) is 2. The second-order valence-electron chi connectivity index (χ2n) is 5.33. The van der Waals surface area contributed by atoms with Crippen molar-refractivity contribution in [3.8, 4) is 17.6 Å². The molecular weight excluding hydrogens is 290 g/mol. The second-order valence-corrected chi connectivity index (χ2v) is 5.74. The van der Waals surface area contributed by atoms with E-state index in [0.29, 0.717) is 23.7 Å². The molecule has 0 spiro atoms. The molecule has 1 amide bonds. The summed E-state index contributed by atoms with van der Waals surface area (Å²) in [5.41, 5.74) is 0.323. The van der Waals surface area contributed by atoms with Gasteiger partial charge in [-0.05, 0) is 39.0 Å². The van der Waals surface area contributed by atoms with Crippen LogP contribution in [-0.2, 0) is 4.74 Å². The van der Waals surface area contributed by atoms with E-state index in [2.05, 4.69) is 17.2 Å². The van der Waals surface area contributed by atoms with E-state index >= 15 is 0 Å². The number of methoxy groups -OCH3 is 1. The molecular formula is C16H20ClNO3. The number of benzene rings is 1. The van der Waals surface area contributed by atoms with E-state index in [9.17, 15) is 4.79 Å². The van der Waals surface area contributed by atoms with Crippen LogP contribution in [0.15, 0.2) is 18.2 Å². The summed E-state index contributed by atoms with van der Waals surface area (Å²) in [4.78, 5) is 11.4. The first kappa shape index (κ1) is 17.2. The minimum absolute atomic E-state index is 0.433. The van der Waals surface area contributed by atoms with Crippen LogP contribution in [0.1, 0.15) is 32.8 Å². The Morgan fingerprint density at radius 3 is 2.71 bits per heavy atom. The number of carbonyl (C=O) groups excluding carboxylic acids is 1. The molecule has 0 heterocycles. The summed E-state index contributed by atoms with van der Waals surface area (Å²) in [6, 6.07) is 5.33. The van der Waals surface area contributed by atoms with Crippen LogP contribution in [0.3, 0.4) is 0 Å². The highest BCUT2D eigenvalue weighted by Crippen LogP contribution is 2.24. The SMILES string of the molecule is COc1cc(C#CCCNC(=O)OC(C)(C)C)ccc1Cl. The molecule has 21 heavy (non-hydrogen) atoms. The fourth-order valence-electron chi connectivity index (χ4n) is 1.44. The van der Waals surface area contributed by atoms with Gasteiger partial charge in [0.2, 0.25) is 0 Å². The number of carbonyl (C=O) groups is 1. The van der Waals surface area contributed by atoms with Crippen LogP contribution in [0.4, 0.5) is 4.79 Å². The number of hydrogen-bond donors (Lipinski definition) is 1. The molecule has 0 saturated carbocycles. The van der Waals surface area contributed by atoms with Crippen molar-refractivity contribution in [2.24, 2.45) is 0 Å². The molecule has 1 rings (SSSR count). The van der Waals surface area contributed by atoms with Crippen molar-refractivity contribution in [3.63, 3.8) is 0 Å². The third-order valence-electron chi connectivity index (χ3n) is 2.30. The maximum absolute atomic E-state index is 11.4. The molecule has 1 aromatic carbocycles. The number of hydrogen-bond acceptors (Lipinski definition) is 3. The zero-order chi connectivity index (χ0) is 15.9. The first-order valence-electron chi connectivity index (χ1n) is 6.61. The summed E-state index contributed by atoms with van der Waals surface area (Å²) in [6.45, 7) is 5.90. The highest BCUT2D eigenvalue weighted by atomic mass is 35.5. The molecule has 1 aromatic rings. The van der Waals surface area contributed by atoms with Crippen LogP contribution in [0, 0.1) is 11.8 Å². The number of rotatable bonds is 3. The van der Waals surface area contributed by atoms with Gasteiger partial charge in [-0.2, -0.15) is 0 Å². The van der Waals surface area contributed by atoms with Crippen molar-refractivity contribution in [2.45, 2.75) is 32.8 Å². The lowest BCUT2D eigenvalue weighted by Gasteiger charge is -2.19. The van der Waals surface area contributed by atoms with E-state index in [1.807, 2.05) is 26.8 Å². The van der Waals surface area contributed by atoms with Crippen LogP contribution in [0.2, 0.25) is 5.02 Å². The zero-order valence-electron chi connectivity index (χ0n) is 12.7. The van der Waals surface area contributed by atoms with Crippen LogP contribution in [-0.4, -0.2) is 25.3 Å². The molecule has 0 aliphatic carbocycles. The van der Waals surface area contributed by atoms with E-state index in [0.717, 1.165) is 5.56 Å². The van der Waals surface area contributed by atoms with Gasteiger partial charge in [0.15, 0.2) is 0 Å². The van der Waals surface area contributed by atoms with Crippen molar-refractivity contribution >= 4 is 17.7 Å². The quantitative estimate of drug-likeness (QED) is 0.685. The van der Waals surface area contributed by atoms with Crippen LogP contribution < -0.4 is 10.1 Å². The Labute approximate surface area is 130 Å². The fraction of sp³-hybridized carbons (Fsp3) is 0.438. The number of nitrogens with one attached hydrogen (secondary N) is 1. The maximum atomic E-state index is 11.4. The first-order valence-corrected chi connectivity index (χ1v) is 6.99. The molecule has 0 aliphatic rings. The molecule has 4 nitrogen and oxygen atoms in total. The summed E-state index contributed by atoms with van der Waals surface area (Å²) in [6.07, 6.45) is 0.0990. The Bertz CT molecular complexity index is 553. The largest absolute Gasteiger partial charge is 0.495 e. The average molecular weight is 310 g/mol. The summed E-state index contributed by atoms with van der Waals surface area (Å²) in [5, 5.41) is 3.20. The van der Waals surface area contributed by atoms with E-state index in [4.69, 9.17) is 21.1 Å². The molecule has 0 radical (unpaired) electrons. The van der Waals surface area contributed by atoms with Gasteiger partial charge < -0.3 is 14.8 Å². The van der Waals surface area contributed by atoms with Crippen molar-refractivity contribution in [3.05, 3.63) is 28.8 Å². The molecule has 0 atom stereocenters. The van der Waals surface area contributed by atoms with Gasteiger partial charge in [0.25, 0.3) is 0 Å². The zero-order valence-corrected chi connectivity index (χ0v) is 13.5. The summed E-state index contributed by atoms with van der Waals surface area (Å²) in [5.74, 6) is 6.55. The van der Waals surface area contributed by atoms with Crippen molar-refractivity contribution in [2.75, 3.05) is 13.7 Å². The lowest BCUT2D eigenvalue weighted by atomic mass is 10.2. The van der Waals surface area contributed by atoms with E-state index in [-0.39, 0.29) is 0 Å². The van der Waals surface area contributed by atoms with Gasteiger partial charge in [-0.3, -0.25) is 0 Å². The molecule has 114 valence electrons. The van der Waals surface area contributed by atoms with E-state index in [1.54, 1.807) is 19.2 Å². The van der Waals surface area contributed by atoms with E-state index < -0.39 is 11.7 Å². The molecule has 0 aromatic heterocycles. The molecule has 5 heteroatoms.